The summed E-state index contributed by atoms with van der Waals surface area (Å²) in [5.74, 6) is 1.45. The number of hydrogen-bond acceptors (Lipinski definition) is 7. The van der Waals surface area contributed by atoms with Crippen LogP contribution in [-0.2, 0) is 0 Å². The number of amides is 2. The lowest BCUT2D eigenvalue weighted by Crippen LogP contribution is -2.55. The summed E-state index contributed by atoms with van der Waals surface area (Å²) in [7, 11) is 4.73. The Hall–Kier alpha value is -4.60. The second-order valence-electron chi connectivity index (χ2n) is 9.50. The number of nitrogens with zero attached hydrogens (tertiary/aromatic N) is 5. The lowest BCUT2D eigenvalue weighted by atomic mass is 10.1. The molecule has 0 bridgehead atoms. The van der Waals surface area contributed by atoms with Crippen molar-refractivity contribution in [1.82, 2.24) is 24.4 Å². The van der Waals surface area contributed by atoms with Gasteiger partial charge in [-0.05, 0) is 55.8 Å². The van der Waals surface area contributed by atoms with Gasteiger partial charge in [-0.3, -0.25) is 9.59 Å². The van der Waals surface area contributed by atoms with Crippen molar-refractivity contribution in [2.75, 3.05) is 41.0 Å². The third-order valence-corrected chi connectivity index (χ3v) is 7.02. The van der Waals surface area contributed by atoms with Gasteiger partial charge in [-0.1, -0.05) is 6.07 Å². The highest BCUT2D eigenvalue weighted by molar-refractivity contribution is 5.98. The van der Waals surface area contributed by atoms with Crippen molar-refractivity contribution < 1.29 is 23.8 Å². The molecule has 1 aliphatic rings. The normalized spacial score (nSPS) is 15.4. The first-order valence-electron chi connectivity index (χ1n) is 12.7. The van der Waals surface area contributed by atoms with Crippen LogP contribution >= 0.6 is 0 Å². The number of benzene rings is 2. The van der Waals surface area contributed by atoms with Gasteiger partial charge >= 0.3 is 0 Å². The fourth-order valence-electron chi connectivity index (χ4n) is 4.95. The lowest BCUT2D eigenvalue weighted by molar-refractivity contribution is 0.0409. The monoisotopic (exact) mass is 529 g/mol. The molecule has 3 heterocycles. The molecule has 2 aromatic heterocycles. The summed E-state index contributed by atoms with van der Waals surface area (Å²) >= 11 is 0. The molecular weight excluding hydrogens is 498 g/mol. The van der Waals surface area contributed by atoms with Crippen molar-refractivity contribution in [2.24, 2.45) is 0 Å². The zero-order valence-corrected chi connectivity index (χ0v) is 22.7. The van der Waals surface area contributed by atoms with E-state index in [-0.39, 0.29) is 17.9 Å². The molecule has 0 spiro atoms. The molecular formula is C29H31N5O5. The standard InChI is InChI=1S/C29H31N5O5/c1-18-6-8-21(25(14-18)38-4)28(35)33-13-12-32(17-19(33)2)29(36)22-16-27-30-11-10-23(34(27)31-22)20-7-9-24(37-3)26(15-20)39-5/h6-11,14-16,19H,12-13,17H2,1-5H3/t19-/m0/s1. The molecule has 0 unspecified atom stereocenters. The molecule has 1 saturated heterocycles. The fourth-order valence-corrected chi connectivity index (χ4v) is 4.95. The molecule has 4 aromatic rings. The Morgan fingerprint density at radius 2 is 1.64 bits per heavy atom. The first-order chi connectivity index (χ1) is 18.8. The van der Waals surface area contributed by atoms with Gasteiger partial charge < -0.3 is 24.0 Å². The zero-order chi connectivity index (χ0) is 27.7. The zero-order valence-electron chi connectivity index (χ0n) is 22.7. The van der Waals surface area contributed by atoms with E-state index in [0.717, 1.165) is 16.8 Å². The Kier molecular flexibility index (Phi) is 7.10. The molecule has 10 nitrogen and oxygen atoms in total. The number of aryl methyl sites for hydroxylation is 1. The van der Waals surface area contributed by atoms with Crippen molar-refractivity contribution >= 4 is 17.5 Å². The molecule has 2 aromatic carbocycles. The van der Waals surface area contributed by atoms with Crippen LogP contribution in [0.15, 0.2) is 54.7 Å². The van der Waals surface area contributed by atoms with Gasteiger partial charge in [-0.25, -0.2) is 9.50 Å². The molecule has 0 radical (unpaired) electrons. The number of fused-ring (bicyclic) bond motifs is 1. The van der Waals surface area contributed by atoms with Crippen LogP contribution in [0.5, 0.6) is 17.2 Å². The van der Waals surface area contributed by atoms with E-state index < -0.39 is 0 Å². The number of ether oxygens (including phenoxy) is 3. The first kappa shape index (κ1) is 26.0. The number of carbonyl (C=O) groups excluding carboxylic acids is 2. The highest BCUT2D eigenvalue weighted by atomic mass is 16.5. The molecule has 1 fully saturated rings. The van der Waals surface area contributed by atoms with E-state index >= 15 is 0 Å². The van der Waals surface area contributed by atoms with Crippen LogP contribution in [0.1, 0.15) is 33.3 Å². The molecule has 0 aliphatic carbocycles. The van der Waals surface area contributed by atoms with E-state index in [1.54, 1.807) is 54.0 Å². The molecule has 202 valence electrons. The summed E-state index contributed by atoms with van der Waals surface area (Å²) in [6.07, 6.45) is 1.68. The topological polar surface area (TPSA) is 98.5 Å². The number of aromatic nitrogens is 3. The SMILES string of the molecule is COc1ccc(-c2ccnc3cc(C(=O)N4CCN(C(=O)c5ccc(C)cc5OC)[C@@H](C)C4)nn23)cc1OC. The van der Waals surface area contributed by atoms with Crippen LogP contribution in [0, 0.1) is 6.92 Å². The maximum absolute atomic E-state index is 13.5. The van der Waals surface area contributed by atoms with Crippen LogP contribution in [0.4, 0.5) is 0 Å². The largest absolute Gasteiger partial charge is 0.496 e. The first-order valence-corrected chi connectivity index (χ1v) is 12.7. The van der Waals surface area contributed by atoms with Crippen molar-refractivity contribution in [3.63, 3.8) is 0 Å². The second kappa shape index (κ2) is 10.6. The van der Waals surface area contributed by atoms with E-state index in [9.17, 15) is 9.59 Å². The van der Waals surface area contributed by atoms with Crippen LogP contribution in [0.25, 0.3) is 16.9 Å². The number of methoxy groups -OCH3 is 3. The summed E-state index contributed by atoms with van der Waals surface area (Å²) in [6, 6.07) is 14.5. The third-order valence-electron chi connectivity index (χ3n) is 7.02. The molecule has 10 heteroatoms. The van der Waals surface area contributed by atoms with E-state index in [1.165, 1.54) is 0 Å². The van der Waals surface area contributed by atoms with E-state index in [4.69, 9.17) is 14.2 Å². The van der Waals surface area contributed by atoms with Crippen LogP contribution in [-0.4, -0.2) is 83.2 Å². The maximum atomic E-state index is 13.5. The predicted molar refractivity (Wildman–Crippen MR) is 146 cm³/mol. The molecule has 5 rings (SSSR count). The minimum Gasteiger partial charge on any atom is -0.496 e. The molecule has 0 saturated carbocycles. The van der Waals surface area contributed by atoms with Crippen LogP contribution in [0.2, 0.25) is 0 Å². The average molecular weight is 530 g/mol. The van der Waals surface area contributed by atoms with E-state index in [0.29, 0.717) is 53.8 Å². The van der Waals surface area contributed by atoms with Crippen LogP contribution in [0.3, 0.4) is 0 Å². The molecule has 1 atom stereocenters. The highest BCUT2D eigenvalue weighted by Gasteiger charge is 2.32. The Morgan fingerprint density at radius 3 is 2.36 bits per heavy atom. The molecule has 0 N–H and O–H groups in total. The highest BCUT2D eigenvalue weighted by Crippen LogP contribution is 2.32. The summed E-state index contributed by atoms with van der Waals surface area (Å²) in [5, 5.41) is 4.61. The summed E-state index contributed by atoms with van der Waals surface area (Å²) < 4.78 is 17.9. The van der Waals surface area contributed by atoms with Gasteiger partial charge in [-0.15, -0.1) is 0 Å². The van der Waals surface area contributed by atoms with Gasteiger partial charge in [0, 0.05) is 43.5 Å². The summed E-state index contributed by atoms with van der Waals surface area (Å²) in [5.41, 5.74) is 3.98. The third kappa shape index (κ3) is 4.85. The van der Waals surface area contributed by atoms with Gasteiger partial charge in [0.1, 0.15) is 5.75 Å². The Balaban J connectivity index is 1.36. The van der Waals surface area contributed by atoms with Gasteiger partial charge in [-0.2, -0.15) is 5.10 Å². The van der Waals surface area contributed by atoms with Crippen molar-refractivity contribution in [2.45, 2.75) is 19.9 Å². The average Bonchev–Trinajstić information content (AvgIpc) is 3.40. The van der Waals surface area contributed by atoms with Crippen LogP contribution < -0.4 is 14.2 Å². The molecule has 2 amide bonds. The summed E-state index contributed by atoms with van der Waals surface area (Å²) in [6.45, 7) is 5.09. The Labute approximate surface area is 226 Å². The van der Waals surface area contributed by atoms with Crippen molar-refractivity contribution in [1.29, 1.82) is 0 Å². The number of piperazine rings is 1. The van der Waals surface area contributed by atoms with Crippen molar-refractivity contribution in [3.05, 3.63) is 71.5 Å². The Morgan fingerprint density at radius 1 is 0.872 bits per heavy atom. The molecule has 39 heavy (non-hydrogen) atoms. The number of rotatable bonds is 6. The van der Waals surface area contributed by atoms with Gasteiger partial charge in [0.25, 0.3) is 11.8 Å². The Bertz CT molecular complexity index is 1550. The quantitative estimate of drug-likeness (QED) is 0.375. The van der Waals surface area contributed by atoms with Gasteiger partial charge in [0.05, 0.1) is 32.6 Å². The van der Waals surface area contributed by atoms with Gasteiger partial charge in [0.2, 0.25) is 0 Å². The number of carbonyl (C=O) groups is 2. The fraction of sp³-hybridized carbons (Fsp3) is 0.310. The minimum absolute atomic E-state index is 0.108. The smallest absolute Gasteiger partial charge is 0.274 e. The van der Waals surface area contributed by atoms with Gasteiger partial charge in [0.15, 0.2) is 22.8 Å². The lowest BCUT2D eigenvalue weighted by Gasteiger charge is -2.39. The van der Waals surface area contributed by atoms with E-state index in [1.807, 2.05) is 50.2 Å². The predicted octanol–water partition coefficient (Wildman–Crippen LogP) is 3.72. The summed E-state index contributed by atoms with van der Waals surface area (Å²) in [4.78, 5) is 34.7. The molecule has 1 aliphatic heterocycles. The van der Waals surface area contributed by atoms with Crippen molar-refractivity contribution in [3.8, 4) is 28.5 Å². The maximum Gasteiger partial charge on any atom is 0.274 e. The van der Waals surface area contributed by atoms with E-state index in [2.05, 4.69) is 10.1 Å². The number of hydrogen-bond donors (Lipinski definition) is 0. The second-order valence-corrected chi connectivity index (χ2v) is 9.50. The minimum atomic E-state index is -0.203.